The van der Waals surface area contributed by atoms with Gasteiger partial charge in [0, 0.05) is 0 Å². The molecule has 0 spiro atoms. The first-order valence-corrected chi connectivity index (χ1v) is 13.5. The first kappa shape index (κ1) is 18.5. The van der Waals surface area contributed by atoms with Crippen molar-refractivity contribution in [3.05, 3.63) is 39.5 Å². The fourth-order valence-corrected chi connectivity index (χ4v) is 2.96. The molecular formula is C17H24Cl2Zr. The quantitative estimate of drug-likeness (QED) is 0.535. The molecule has 0 aliphatic heterocycles. The van der Waals surface area contributed by atoms with E-state index >= 15 is 0 Å². The first-order valence-electron chi connectivity index (χ1n) is 7.13. The summed E-state index contributed by atoms with van der Waals surface area (Å²) in [6, 6.07) is 2.44. The van der Waals surface area contributed by atoms with Crippen molar-refractivity contribution in [1.82, 2.24) is 0 Å². The number of benzene rings is 1. The predicted octanol–water partition coefficient (Wildman–Crippen LogP) is 6.58. The van der Waals surface area contributed by atoms with E-state index in [0.717, 1.165) is 6.42 Å². The van der Waals surface area contributed by atoms with Crippen LogP contribution in [0.3, 0.4) is 0 Å². The van der Waals surface area contributed by atoms with Crippen molar-refractivity contribution in [2.45, 2.75) is 59.8 Å². The summed E-state index contributed by atoms with van der Waals surface area (Å²) in [5.74, 6) is 1.24. The molecule has 0 saturated carbocycles. The zero-order valence-corrected chi connectivity index (χ0v) is 17.2. The van der Waals surface area contributed by atoms with Gasteiger partial charge in [0.1, 0.15) is 0 Å². The Morgan fingerprint density at radius 3 is 1.95 bits per heavy atom. The van der Waals surface area contributed by atoms with Crippen molar-refractivity contribution in [3.8, 4) is 0 Å². The van der Waals surface area contributed by atoms with Gasteiger partial charge in [-0.15, -0.1) is 0 Å². The van der Waals surface area contributed by atoms with Crippen LogP contribution in [0.25, 0.3) is 6.08 Å². The minimum absolute atomic E-state index is 0.615. The van der Waals surface area contributed by atoms with E-state index < -0.39 is 20.8 Å². The molecule has 2 rings (SSSR count). The molecule has 0 amide bonds. The normalized spacial score (nSPS) is 13.0. The van der Waals surface area contributed by atoms with Gasteiger partial charge in [0.25, 0.3) is 0 Å². The van der Waals surface area contributed by atoms with E-state index in [1.54, 1.807) is 5.56 Å². The Hall–Kier alpha value is 0.423. The Morgan fingerprint density at radius 2 is 1.50 bits per heavy atom. The molecule has 0 saturated heterocycles. The molecule has 0 unspecified atom stereocenters. The van der Waals surface area contributed by atoms with Crippen LogP contribution in [0.4, 0.5) is 0 Å². The molecule has 0 aromatic heterocycles. The van der Waals surface area contributed by atoms with Crippen LogP contribution in [0, 0.1) is 6.92 Å². The zero-order chi connectivity index (χ0) is 15.4. The van der Waals surface area contributed by atoms with Gasteiger partial charge in [0.2, 0.25) is 0 Å². The van der Waals surface area contributed by atoms with E-state index in [1.807, 2.05) is 0 Å². The maximum atomic E-state index is 4.93. The molecule has 20 heavy (non-hydrogen) atoms. The van der Waals surface area contributed by atoms with Crippen LogP contribution in [0.5, 0.6) is 0 Å². The number of hydrogen-bond donors (Lipinski definition) is 0. The van der Waals surface area contributed by atoms with E-state index in [-0.39, 0.29) is 0 Å². The van der Waals surface area contributed by atoms with Crippen molar-refractivity contribution < 1.29 is 20.8 Å². The second-order valence-electron chi connectivity index (χ2n) is 6.12. The summed E-state index contributed by atoms with van der Waals surface area (Å²) < 4.78 is 0. The molecule has 3 heteroatoms. The molecule has 0 fully saturated rings. The number of rotatable bonds is 2. The van der Waals surface area contributed by atoms with Crippen LogP contribution in [0.1, 0.15) is 74.3 Å². The molecule has 0 radical (unpaired) electrons. The van der Waals surface area contributed by atoms with Gasteiger partial charge < -0.3 is 0 Å². The summed E-state index contributed by atoms with van der Waals surface area (Å²) in [5, 5.41) is 0. The van der Waals surface area contributed by atoms with Crippen LogP contribution in [-0.2, 0) is 27.3 Å². The standard InChI is InChI=1S/C17H24.2ClH.Zr/c1-10(2)14-9-15(11(3)4)17-8-12(5)7-16(17)13(14)6;;;/h8-11H,7H2,1-6H3;2*1H;/q;;;+2/p-2. The van der Waals surface area contributed by atoms with Crippen LogP contribution in [-0.4, -0.2) is 0 Å². The van der Waals surface area contributed by atoms with E-state index in [2.05, 4.69) is 53.7 Å². The molecule has 0 atom stereocenters. The van der Waals surface area contributed by atoms with Gasteiger partial charge >= 0.3 is 37.9 Å². The first-order chi connectivity index (χ1) is 9.33. The van der Waals surface area contributed by atoms with Gasteiger partial charge in [-0.2, -0.15) is 0 Å². The summed E-state index contributed by atoms with van der Waals surface area (Å²) in [5.41, 5.74) is 9.19. The van der Waals surface area contributed by atoms with Crippen molar-refractivity contribution in [2.24, 2.45) is 0 Å². The van der Waals surface area contributed by atoms with Crippen molar-refractivity contribution >= 4 is 23.1 Å². The maximum absolute atomic E-state index is 4.93. The van der Waals surface area contributed by atoms with Crippen LogP contribution in [0.2, 0.25) is 0 Å². The number of allylic oxidation sites excluding steroid dienone is 1. The van der Waals surface area contributed by atoms with Gasteiger partial charge in [0.15, 0.2) is 0 Å². The van der Waals surface area contributed by atoms with Crippen LogP contribution >= 0.6 is 17.0 Å². The molecular weight excluding hydrogens is 366 g/mol. The molecule has 0 nitrogen and oxygen atoms in total. The third-order valence-electron chi connectivity index (χ3n) is 3.92. The fourth-order valence-electron chi connectivity index (χ4n) is 2.96. The Morgan fingerprint density at radius 1 is 1.00 bits per heavy atom. The summed E-state index contributed by atoms with van der Waals surface area (Å²) >= 11 is -0.826. The van der Waals surface area contributed by atoms with Gasteiger partial charge in [-0.25, -0.2) is 0 Å². The molecule has 0 bridgehead atoms. The monoisotopic (exact) mass is 388 g/mol. The van der Waals surface area contributed by atoms with E-state index in [1.165, 1.54) is 27.8 Å². The number of halogens is 2. The molecule has 1 aromatic rings. The molecule has 1 aliphatic rings. The van der Waals surface area contributed by atoms with E-state index in [4.69, 9.17) is 17.0 Å². The van der Waals surface area contributed by atoms with Crippen molar-refractivity contribution in [1.29, 1.82) is 0 Å². The number of hydrogen-bond acceptors (Lipinski definition) is 0. The average Bonchev–Trinajstić information content (AvgIpc) is 2.71. The summed E-state index contributed by atoms with van der Waals surface area (Å²) in [6.07, 6.45) is 3.54. The number of fused-ring (bicyclic) bond motifs is 1. The molecule has 1 aliphatic carbocycles. The van der Waals surface area contributed by atoms with Crippen molar-refractivity contribution in [2.75, 3.05) is 0 Å². The average molecular weight is 391 g/mol. The Bertz CT molecular complexity index is 502. The zero-order valence-electron chi connectivity index (χ0n) is 13.3. The summed E-state index contributed by atoms with van der Waals surface area (Å²) in [7, 11) is 9.87. The minimum atomic E-state index is -0.826. The summed E-state index contributed by atoms with van der Waals surface area (Å²) in [6.45, 7) is 13.7. The second-order valence-corrected chi connectivity index (χ2v) is 9.85. The fraction of sp³-hybridized carbons (Fsp3) is 0.529. The van der Waals surface area contributed by atoms with Crippen molar-refractivity contribution in [3.63, 3.8) is 0 Å². The van der Waals surface area contributed by atoms with Gasteiger partial charge in [0.05, 0.1) is 0 Å². The molecule has 0 heterocycles. The topological polar surface area (TPSA) is 0 Å². The van der Waals surface area contributed by atoms with Crippen LogP contribution in [0.15, 0.2) is 11.6 Å². The second kappa shape index (κ2) is 8.16. The summed E-state index contributed by atoms with van der Waals surface area (Å²) in [4.78, 5) is 0. The Kier molecular flexibility index (Phi) is 7.54. The van der Waals surface area contributed by atoms with Gasteiger partial charge in [-0.1, -0.05) is 45.4 Å². The molecule has 110 valence electrons. The third kappa shape index (κ3) is 4.22. The SMILES string of the molecule is CC1=Cc2c(C(C)C)cc(C(C)C)c(C)c2C1.[Cl][Zr][Cl]. The Balaban J connectivity index is 0.000000612. The Labute approximate surface area is 142 Å². The predicted molar refractivity (Wildman–Crippen MR) is 88.4 cm³/mol. The van der Waals surface area contributed by atoms with Gasteiger partial charge in [-0.3, -0.25) is 0 Å². The van der Waals surface area contributed by atoms with Crippen LogP contribution < -0.4 is 0 Å². The molecule has 0 N–H and O–H groups in total. The van der Waals surface area contributed by atoms with E-state index in [0.29, 0.717) is 11.8 Å². The third-order valence-corrected chi connectivity index (χ3v) is 3.92. The van der Waals surface area contributed by atoms with Gasteiger partial charge in [-0.05, 0) is 59.9 Å². The molecule has 1 aromatic carbocycles. The van der Waals surface area contributed by atoms with E-state index in [9.17, 15) is 0 Å².